The first-order valence-electron chi connectivity index (χ1n) is 7.50. The Morgan fingerprint density at radius 2 is 2.00 bits per heavy atom. The van der Waals surface area contributed by atoms with Crippen molar-refractivity contribution < 1.29 is 9.53 Å². The van der Waals surface area contributed by atoms with E-state index in [0.717, 1.165) is 11.3 Å². The van der Waals surface area contributed by atoms with Crippen LogP contribution in [-0.4, -0.2) is 17.7 Å². The Labute approximate surface area is 139 Å². The van der Waals surface area contributed by atoms with Gasteiger partial charge in [0.25, 0.3) is 0 Å². The van der Waals surface area contributed by atoms with Crippen molar-refractivity contribution >= 4 is 33.3 Å². The van der Waals surface area contributed by atoms with Gasteiger partial charge in [0, 0.05) is 10.9 Å². The van der Waals surface area contributed by atoms with Gasteiger partial charge < -0.3 is 4.74 Å². The molecule has 0 radical (unpaired) electrons. The second kappa shape index (κ2) is 6.79. The first-order valence-corrected chi connectivity index (χ1v) is 8.38. The first kappa shape index (κ1) is 15.5. The molecular weight excluding hydrogens is 308 g/mol. The minimum Gasteiger partial charge on any atom is -0.449 e. The van der Waals surface area contributed by atoms with Crippen LogP contribution in [0.5, 0.6) is 0 Å². The van der Waals surface area contributed by atoms with Crippen LogP contribution in [-0.2, 0) is 4.74 Å². The molecule has 3 aromatic rings. The Hall–Kier alpha value is -2.40. The van der Waals surface area contributed by atoms with Crippen molar-refractivity contribution in [3.63, 3.8) is 0 Å². The average molecular weight is 326 g/mol. The number of thiazole rings is 1. The average Bonchev–Trinajstić information content (AvgIpc) is 3.01. The smallest absolute Gasteiger partial charge is 0.413 e. The molecular formula is C18H18N2O2S. The van der Waals surface area contributed by atoms with Gasteiger partial charge in [0.2, 0.25) is 0 Å². The second-order valence-corrected chi connectivity index (χ2v) is 6.58. The van der Waals surface area contributed by atoms with Crippen LogP contribution in [0.25, 0.3) is 22.0 Å². The van der Waals surface area contributed by atoms with Crippen molar-refractivity contribution in [3.8, 4) is 11.3 Å². The van der Waals surface area contributed by atoms with Gasteiger partial charge in [0.1, 0.15) is 0 Å². The summed E-state index contributed by atoms with van der Waals surface area (Å²) in [6, 6.07) is 14.4. The summed E-state index contributed by atoms with van der Waals surface area (Å²) >= 11 is 1.39. The van der Waals surface area contributed by atoms with Crippen LogP contribution in [0.1, 0.15) is 13.8 Å². The van der Waals surface area contributed by atoms with E-state index >= 15 is 0 Å². The molecule has 0 fully saturated rings. The number of hydrogen-bond donors (Lipinski definition) is 1. The maximum atomic E-state index is 11.7. The number of aromatic nitrogens is 1. The SMILES string of the molecule is CC(C)COC(=O)Nc1nc(-c2ccc3ccccc3c2)cs1. The third-order valence-corrected chi connectivity index (χ3v) is 4.06. The summed E-state index contributed by atoms with van der Waals surface area (Å²) in [5.41, 5.74) is 1.88. The van der Waals surface area contributed by atoms with Crippen molar-refractivity contribution in [2.75, 3.05) is 11.9 Å². The highest BCUT2D eigenvalue weighted by Crippen LogP contribution is 2.27. The molecule has 1 heterocycles. The summed E-state index contributed by atoms with van der Waals surface area (Å²) in [6.45, 7) is 4.39. The minimum absolute atomic E-state index is 0.310. The Morgan fingerprint density at radius 1 is 1.22 bits per heavy atom. The number of fused-ring (bicyclic) bond motifs is 1. The number of amides is 1. The maximum absolute atomic E-state index is 11.7. The number of nitrogens with one attached hydrogen (secondary N) is 1. The lowest BCUT2D eigenvalue weighted by Crippen LogP contribution is -2.16. The predicted octanol–water partition coefficient (Wildman–Crippen LogP) is 5.17. The Morgan fingerprint density at radius 3 is 2.78 bits per heavy atom. The lowest BCUT2D eigenvalue weighted by atomic mass is 10.1. The molecule has 23 heavy (non-hydrogen) atoms. The van der Waals surface area contributed by atoms with Gasteiger partial charge in [0.05, 0.1) is 12.3 Å². The zero-order valence-corrected chi connectivity index (χ0v) is 13.9. The lowest BCUT2D eigenvalue weighted by Gasteiger charge is -2.06. The van der Waals surface area contributed by atoms with Crippen molar-refractivity contribution in [1.82, 2.24) is 4.98 Å². The normalized spacial score (nSPS) is 10.9. The second-order valence-electron chi connectivity index (χ2n) is 5.72. The molecule has 0 aliphatic rings. The zero-order chi connectivity index (χ0) is 16.2. The zero-order valence-electron chi connectivity index (χ0n) is 13.1. The first-order chi connectivity index (χ1) is 11.1. The standard InChI is InChI=1S/C18H18N2O2S/c1-12(2)10-22-18(21)20-17-19-16(11-23-17)15-8-7-13-5-3-4-6-14(13)9-15/h3-9,11-12H,10H2,1-2H3,(H,19,20,21). The third kappa shape index (κ3) is 3.87. The monoisotopic (exact) mass is 326 g/mol. The van der Waals surface area contributed by atoms with Crippen LogP contribution in [0, 0.1) is 5.92 Å². The highest BCUT2D eigenvalue weighted by atomic mass is 32.1. The van der Waals surface area contributed by atoms with Gasteiger partial charge in [-0.15, -0.1) is 11.3 Å². The van der Waals surface area contributed by atoms with Crippen molar-refractivity contribution in [3.05, 3.63) is 47.8 Å². The molecule has 0 spiro atoms. The van der Waals surface area contributed by atoms with Crippen molar-refractivity contribution in [1.29, 1.82) is 0 Å². The van der Waals surface area contributed by atoms with E-state index in [9.17, 15) is 4.79 Å². The number of benzene rings is 2. The Balaban J connectivity index is 1.74. The van der Waals surface area contributed by atoms with Crippen molar-refractivity contribution in [2.45, 2.75) is 13.8 Å². The van der Waals surface area contributed by atoms with E-state index in [2.05, 4.69) is 34.6 Å². The van der Waals surface area contributed by atoms with Gasteiger partial charge in [-0.3, -0.25) is 5.32 Å². The predicted molar refractivity (Wildman–Crippen MR) is 94.9 cm³/mol. The highest BCUT2D eigenvalue weighted by molar-refractivity contribution is 7.14. The maximum Gasteiger partial charge on any atom is 0.413 e. The number of hydrogen-bond acceptors (Lipinski definition) is 4. The number of carbonyl (C=O) groups is 1. The molecule has 0 bridgehead atoms. The molecule has 0 saturated heterocycles. The molecule has 1 amide bonds. The molecule has 0 aliphatic heterocycles. The third-order valence-electron chi connectivity index (χ3n) is 3.31. The molecule has 118 valence electrons. The van der Waals surface area contributed by atoms with Gasteiger partial charge in [-0.05, 0) is 22.8 Å². The van der Waals surface area contributed by atoms with Crippen LogP contribution in [0.3, 0.4) is 0 Å². The number of nitrogens with zero attached hydrogens (tertiary/aromatic N) is 1. The van der Waals surface area contributed by atoms with Crippen LogP contribution in [0.2, 0.25) is 0 Å². The van der Waals surface area contributed by atoms with Gasteiger partial charge >= 0.3 is 6.09 Å². The van der Waals surface area contributed by atoms with Gasteiger partial charge in [-0.2, -0.15) is 0 Å². The van der Waals surface area contributed by atoms with Crippen LogP contribution in [0.4, 0.5) is 9.93 Å². The summed E-state index contributed by atoms with van der Waals surface area (Å²) in [7, 11) is 0. The van der Waals surface area contributed by atoms with E-state index in [4.69, 9.17) is 4.74 Å². The molecule has 2 aromatic carbocycles. The fourth-order valence-electron chi connectivity index (χ4n) is 2.18. The molecule has 0 unspecified atom stereocenters. The van der Waals surface area contributed by atoms with E-state index in [-0.39, 0.29) is 0 Å². The lowest BCUT2D eigenvalue weighted by molar-refractivity contribution is 0.147. The molecule has 1 N–H and O–H groups in total. The van der Waals surface area contributed by atoms with Crippen molar-refractivity contribution in [2.24, 2.45) is 5.92 Å². The van der Waals surface area contributed by atoms with Crippen LogP contribution >= 0.6 is 11.3 Å². The van der Waals surface area contributed by atoms with E-state index in [1.807, 2.05) is 37.4 Å². The topological polar surface area (TPSA) is 51.2 Å². The Kier molecular flexibility index (Phi) is 4.57. The molecule has 4 nitrogen and oxygen atoms in total. The van der Waals surface area contributed by atoms with Gasteiger partial charge in [0.15, 0.2) is 5.13 Å². The summed E-state index contributed by atoms with van der Waals surface area (Å²) in [6.07, 6.45) is -0.460. The molecule has 0 aliphatic carbocycles. The van der Waals surface area contributed by atoms with E-state index in [1.165, 1.54) is 22.1 Å². The Bertz CT molecular complexity index is 827. The molecule has 0 saturated carbocycles. The van der Waals surface area contributed by atoms with Crippen LogP contribution < -0.4 is 5.32 Å². The highest BCUT2D eigenvalue weighted by Gasteiger charge is 2.09. The number of rotatable bonds is 4. The largest absolute Gasteiger partial charge is 0.449 e. The summed E-state index contributed by atoms with van der Waals surface area (Å²) in [5.74, 6) is 0.310. The fourth-order valence-corrected chi connectivity index (χ4v) is 2.88. The number of carbonyl (C=O) groups excluding carboxylic acids is 1. The van der Waals surface area contributed by atoms with E-state index < -0.39 is 6.09 Å². The van der Waals surface area contributed by atoms with E-state index in [1.54, 1.807) is 0 Å². The summed E-state index contributed by atoms with van der Waals surface area (Å²) < 4.78 is 5.10. The number of ether oxygens (including phenoxy) is 1. The molecule has 1 aromatic heterocycles. The summed E-state index contributed by atoms with van der Waals surface area (Å²) in [4.78, 5) is 16.1. The van der Waals surface area contributed by atoms with Gasteiger partial charge in [-0.25, -0.2) is 9.78 Å². The summed E-state index contributed by atoms with van der Waals surface area (Å²) in [5, 5.41) is 7.51. The minimum atomic E-state index is -0.460. The fraction of sp³-hybridized carbons (Fsp3) is 0.222. The van der Waals surface area contributed by atoms with E-state index in [0.29, 0.717) is 17.7 Å². The number of anilines is 1. The molecule has 3 rings (SSSR count). The molecule has 0 atom stereocenters. The van der Waals surface area contributed by atoms with Gasteiger partial charge in [-0.1, -0.05) is 50.2 Å². The quantitative estimate of drug-likeness (QED) is 0.720. The van der Waals surface area contributed by atoms with Crippen LogP contribution in [0.15, 0.2) is 47.8 Å². The molecule has 5 heteroatoms.